The number of rotatable bonds is 0. The van der Waals surface area contributed by atoms with E-state index in [1.807, 2.05) is 11.3 Å². The Labute approximate surface area is 81.3 Å². The van der Waals surface area contributed by atoms with E-state index in [0.29, 0.717) is 0 Å². The van der Waals surface area contributed by atoms with Crippen LogP contribution in [0.2, 0.25) is 0 Å². The molecule has 0 amide bonds. The van der Waals surface area contributed by atoms with Crippen LogP contribution < -0.4 is 0 Å². The van der Waals surface area contributed by atoms with Crippen LogP contribution in [0.25, 0.3) is 6.08 Å². The summed E-state index contributed by atoms with van der Waals surface area (Å²) >= 11 is 1.82. The van der Waals surface area contributed by atoms with Crippen molar-refractivity contribution in [2.24, 2.45) is 0 Å². The summed E-state index contributed by atoms with van der Waals surface area (Å²) in [5.74, 6) is 0. The summed E-state index contributed by atoms with van der Waals surface area (Å²) in [6.07, 6.45) is 10.7. The Morgan fingerprint density at radius 2 is 2.31 bits per heavy atom. The van der Waals surface area contributed by atoms with E-state index >= 15 is 0 Å². The molecule has 13 heavy (non-hydrogen) atoms. The zero-order valence-corrected chi connectivity index (χ0v) is 7.92. The molecule has 64 valence electrons. The van der Waals surface area contributed by atoms with Crippen LogP contribution in [-0.4, -0.2) is 4.90 Å². The van der Waals surface area contributed by atoms with Gasteiger partial charge in [-0.05, 0) is 35.2 Å². The van der Waals surface area contributed by atoms with E-state index in [4.69, 9.17) is 0 Å². The highest BCUT2D eigenvalue weighted by Crippen LogP contribution is 2.30. The Balaban J connectivity index is 2.13. The maximum absolute atomic E-state index is 2.27. The second kappa shape index (κ2) is 2.60. The molecule has 0 N–H and O–H groups in total. The fraction of sp³-hybridized carbons (Fsp3) is 0.0909. The van der Waals surface area contributed by atoms with E-state index in [1.165, 1.54) is 16.1 Å². The highest BCUT2D eigenvalue weighted by molar-refractivity contribution is 7.11. The minimum atomic E-state index is 1.02. The van der Waals surface area contributed by atoms with Crippen molar-refractivity contribution in [3.63, 3.8) is 0 Å². The molecular weight excluding hydrogens is 178 g/mol. The number of hydrogen-bond acceptors (Lipinski definition) is 2. The molecule has 1 nitrogen and oxygen atoms in total. The molecule has 0 fully saturated rings. The Morgan fingerprint density at radius 3 is 3.31 bits per heavy atom. The normalized spacial score (nSPS) is 18.2. The van der Waals surface area contributed by atoms with Gasteiger partial charge in [0.15, 0.2) is 0 Å². The van der Waals surface area contributed by atoms with Crippen LogP contribution >= 0.6 is 11.3 Å². The van der Waals surface area contributed by atoms with Gasteiger partial charge >= 0.3 is 0 Å². The van der Waals surface area contributed by atoms with Crippen molar-refractivity contribution >= 4 is 17.4 Å². The molecule has 2 heteroatoms. The van der Waals surface area contributed by atoms with Crippen molar-refractivity contribution in [2.75, 3.05) is 0 Å². The number of nitrogens with zero attached hydrogens (tertiary/aromatic N) is 1. The summed E-state index contributed by atoms with van der Waals surface area (Å²) in [6.45, 7) is 1.02. The van der Waals surface area contributed by atoms with Crippen molar-refractivity contribution in [3.05, 3.63) is 52.0 Å². The molecule has 0 saturated heterocycles. The van der Waals surface area contributed by atoms with E-state index in [2.05, 4.69) is 46.9 Å². The second-order valence-electron chi connectivity index (χ2n) is 3.21. The van der Waals surface area contributed by atoms with E-state index in [9.17, 15) is 0 Å². The van der Waals surface area contributed by atoms with Crippen LogP contribution in [0.3, 0.4) is 0 Å². The molecule has 0 aliphatic carbocycles. The van der Waals surface area contributed by atoms with Gasteiger partial charge in [-0.2, -0.15) is 0 Å². The molecule has 0 bridgehead atoms. The minimum absolute atomic E-state index is 1.02. The number of allylic oxidation sites excluding steroid dienone is 3. The molecule has 0 radical (unpaired) electrons. The van der Waals surface area contributed by atoms with Gasteiger partial charge in [-0.1, -0.05) is 6.08 Å². The molecule has 0 spiro atoms. The molecule has 0 unspecified atom stereocenters. The predicted molar refractivity (Wildman–Crippen MR) is 56.1 cm³/mol. The fourth-order valence-electron chi connectivity index (χ4n) is 1.69. The summed E-state index contributed by atoms with van der Waals surface area (Å²) in [5.41, 5.74) is 2.74. The fourth-order valence-corrected chi connectivity index (χ4v) is 2.54. The zero-order valence-electron chi connectivity index (χ0n) is 7.10. The van der Waals surface area contributed by atoms with Crippen molar-refractivity contribution in [1.29, 1.82) is 0 Å². The second-order valence-corrected chi connectivity index (χ2v) is 4.16. The van der Waals surface area contributed by atoms with Crippen molar-refractivity contribution in [2.45, 2.75) is 6.54 Å². The minimum Gasteiger partial charge on any atom is -0.343 e. The van der Waals surface area contributed by atoms with Crippen LogP contribution in [0.1, 0.15) is 10.4 Å². The van der Waals surface area contributed by atoms with Gasteiger partial charge in [0, 0.05) is 23.3 Å². The zero-order chi connectivity index (χ0) is 8.67. The van der Waals surface area contributed by atoms with Gasteiger partial charge in [-0.25, -0.2) is 0 Å². The molecular formula is C11H9NS. The summed E-state index contributed by atoms with van der Waals surface area (Å²) in [4.78, 5) is 3.68. The van der Waals surface area contributed by atoms with E-state index in [1.54, 1.807) is 0 Å². The molecule has 0 saturated carbocycles. The smallest absolute Gasteiger partial charge is 0.0490 e. The molecule has 1 aromatic heterocycles. The SMILES string of the molecule is C1=CC2=Cc3sccc3CN2C=C1. The van der Waals surface area contributed by atoms with Crippen LogP contribution in [-0.2, 0) is 6.54 Å². The van der Waals surface area contributed by atoms with Crippen LogP contribution in [0.5, 0.6) is 0 Å². The lowest BCUT2D eigenvalue weighted by Crippen LogP contribution is -2.19. The average Bonchev–Trinajstić information content (AvgIpc) is 2.61. The van der Waals surface area contributed by atoms with E-state index in [0.717, 1.165) is 6.54 Å². The van der Waals surface area contributed by atoms with Crippen molar-refractivity contribution < 1.29 is 0 Å². The van der Waals surface area contributed by atoms with Crippen LogP contribution in [0.4, 0.5) is 0 Å². The summed E-state index contributed by atoms with van der Waals surface area (Å²) < 4.78 is 0. The van der Waals surface area contributed by atoms with Gasteiger partial charge in [0.25, 0.3) is 0 Å². The Morgan fingerprint density at radius 1 is 1.31 bits per heavy atom. The lowest BCUT2D eigenvalue weighted by molar-refractivity contribution is 0.468. The first-order valence-electron chi connectivity index (χ1n) is 4.33. The molecule has 1 aromatic rings. The summed E-state index contributed by atoms with van der Waals surface area (Å²) in [6, 6.07) is 2.21. The maximum Gasteiger partial charge on any atom is 0.0490 e. The average molecular weight is 187 g/mol. The topological polar surface area (TPSA) is 3.24 Å². The highest BCUT2D eigenvalue weighted by Gasteiger charge is 2.15. The number of fused-ring (bicyclic) bond motifs is 2. The first-order valence-corrected chi connectivity index (χ1v) is 5.21. The lowest BCUT2D eigenvalue weighted by Gasteiger charge is -2.27. The van der Waals surface area contributed by atoms with Gasteiger partial charge in [0.05, 0.1) is 0 Å². The quantitative estimate of drug-likeness (QED) is 0.603. The molecule has 2 aliphatic heterocycles. The molecule has 0 aromatic carbocycles. The van der Waals surface area contributed by atoms with E-state index in [-0.39, 0.29) is 0 Å². The van der Waals surface area contributed by atoms with Crippen molar-refractivity contribution in [1.82, 2.24) is 4.90 Å². The number of thiophene rings is 1. The van der Waals surface area contributed by atoms with Gasteiger partial charge in [0.1, 0.15) is 0 Å². The summed E-state index contributed by atoms with van der Waals surface area (Å²) in [7, 11) is 0. The van der Waals surface area contributed by atoms with E-state index < -0.39 is 0 Å². The van der Waals surface area contributed by atoms with Gasteiger partial charge < -0.3 is 4.90 Å². The highest BCUT2D eigenvalue weighted by atomic mass is 32.1. The molecule has 2 aliphatic rings. The third-order valence-corrected chi connectivity index (χ3v) is 3.28. The predicted octanol–water partition coefficient (Wildman–Crippen LogP) is 2.99. The maximum atomic E-state index is 2.27. The lowest BCUT2D eigenvalue weighted by atomic mass is 10.1. The Kier molecular flexibility index (Phi) is 1.43. The van der Waals surface area contributed by atoms with Crippen molar-refractivity contribution in [3.8, 4) is 0 Å². The molecule has 0 atom stereocenters. The van der Waals surface area contributed by atoms with Gasteiger partial charge in [-0.15, -0.1) is 11.3 Å². The Bertz CT molecular complexity index is 423. The monoisotopic (exact) mass is 187 g/mol. The largest absolute Gasteiger partial charge is 0.343 e. The molecule has 3 rings (SSSR count). The standard InChI is InChI=1S/C11H9NS/c1-2-5-12-8-9-4-6-13-11(9)7-10(12)3-1/h1-7H,8H2. The number of hydrogen-bond donors (Lipinski definition) is 0. The first-order chi connectivity index (χ1) is 6.43. The third-order valence-electron chi connectivity index (χ3n) is 2.38. The Hall–Kier alpha value is -1.28. The van der Waals surface area contributed by atoms with Gasteiger partial charge in [-0.3, -0.25) is 0 Å². The first kappa shape index (κ1) is 7.15. The molecule has 3 heterocycles. The third kappa shape index (κ3) is 1.06. The van der Waals surface area contributed by atoms with Crippen LogP contribution in [0.15, 0.2) is 41.6 Å². The summed E-state index contributed by atoms with van der Waals surface area (Å²) in [5, 5.41) is 2.16. The van der Waals surface area contributed by atoms with Crippen LogP contribution in [0, 0.1) is 0 Å². The van der Waals surface area contributed by atoms with Gasteiger partial charge in [0.2, 0.25) is 0 Å².